The summed E-state index contributed by atoms with van der Waals surface area (Å²) >= 11 is 0. The number of hydrogen-bond acceptors (Lipinski definition) is 4. The second kappa shape index (κ2) is 9.38. The number of esters is 1. The van der Waals surface area contributed by atoms with Crippen LogP contribution in [0.3, 0.4) is 0 Å². The van der Waals surface area contributed by atoms with Gasteiger partial charge in [-0.3, -0.25) is 4.79 Å². The lowest BCUT2D eigenvalue weighted by atomic mass is 10.0. The summed E-state index contributed by atoms with van der Waals surface area (Å²) in [5, 5.41) is 9.76. The van der Waals surface area contributed by atoms with Crippen molar-refractivity contribution >= 4 is 17.0 Å². The highest BCUT2D eigenvalue weighted by Gasteiger charge is 2.24. The Bertz CT molecular complexity index is 968. The number of aromatic nitrogens is 1. The molecule has 2 heterocycles. The Balaban J connectivity index is 1.96. The second-order valence-corrected chi connectivity index (χ2v) is 8.65. The smallest absolute Gasteiger partial charge is 0.325 e. The van der Waals surface area contributed by atoms with Crippen LogP contribution in [0.1, 0.15) is 47.8 Å². The highest BCUT2D eigenvalue weighted by molar-refractivity contribution is 7.82. The molecule has 1 aromatic carbocycles. The Morgan fingerprint density at radius 3 is 2.55 bits per heavy atom. The molecule has 1 atom stereocenters. The summed E-state index contributed by atoms with van der Waals surface area (Å²) in [6.07, 6.45) is 2.64. The Kier molecular flexibility index (Phi) is 6.88. The summed E-state index contributed by atoms with van der Waals surface area (Å²) in [6.45, 7) is 7.64. The molecular formula is C22H27N3O3S. The molecule has 1 fully saturated rings. The van der Waals surface area contributed by atoms with Gasteiger partial charge in [-0.15, -0.1) is 0 Å². The van der Waals surface area contributed by atoms with Crippen molar-refractivity contribution in [1.29, 1.82) is 5.26 Å². The minimum absolute atomic E-state index is 0.0849. The molecule has 0 radical (unpaired) electrons. The van der Waals surface area contributed by atoms with Crippen molar-refractivity contribution in [1.82, 2.24) is 8.87 Å². The number of nitrogens with zero attached hydrogens (tertiary/aromatic N) is 3. The average molecular weight is 414 g/mol. The average Bonchev–Trinajstić information content (AvgIpc) is 3.32. The van der Waals surface area contributed by atoms with Gasteiger partial charge in [0, 0.05) is 30.9 Å². The van der Waals surface area contributed by atoms with E-state index in [1.165, 1.54) is 0 Å². The highest BCUT2D eigenvalue weighted by atomic mass is 32.2. The van der Waals surface area contributed by atoms with Crippen LogP contribution in [0.5, 0.6) is 0 Å². The number of rotatable bonds is 7. The number of ether oxygens (including phenoxy) is 1. The van der Waals surface area contributed by atoms with Gasteiger partial charge in [0.2, 0.25) is 0 Å². The quantitative estimate of drug-likeness (QED) is 0.653. The van der Waals surface area contributed by atoms with Crippen LogP contribution < -0.4 is 0 Å². The minimum atomic E-state index is -1.20. The van der Waals surface area contributed by atoms with Gasteiger partial charge in [0.25, 0.3) is 0 Å². The molecule has 7 heteroatoms. The van der Waals surface area contributed by atoms with Gasteiger partial charge in [-0.1, -0.05) is 18.2 Å². The second-order valence-electron chi connectivity index (χ2n) is 7.20. The molecule has 0 bridgehead atoms. The van der Waals surface area contributed by atoms with E-state index in [0.717, 1.165) is 53.3 Å². The van der Waals surface area contributed by atoms with Gasteiger partial charge in [0.1, 0.15) is 23.6 Å². The van der Waals surface area contributed by atoms with Gasteiger partial charge in [0.15, 0.2) is 0 Å². The first kappa shape index (κ1) is 21.3. The number of carbonyl (C=O) groups excluding carboxylic acids is 1. The molecule has 1 saturated heterocycles. The fourth-order valence-electron chi connectivity index (χ4n) is 3.89. The van der Waals surface area contributed by atoms with Crippen molar-refractivity contribution < 1.29 is 13.7 Å². The lowest BCUT2D eigenvalue weighted by molar-refractivity contribution is -0.143. The van der Waals surface area contributed by atoms with Crippen LogP contribution in [0.25, 0.3) is 0 Å². The van der Waals surface area contributed by atoms with Crippen molar-refractivity contribution in [3.05, 3.63) is 52.3 Å². The first-order chi connectivity index (χ1) is 14.0. The van der Waals surface area contributed by atoms with E-state index >= 15 is 0 Å². The van der Waals surface area contributed by atoms with Crippen molar-refractivity contribution in [3.63, 3.8) is 0 Å². The number of carbonyl (C=O) groups is 1. The molecule has 1 aliphatic rings. The molecular weight excluding hydrogens is 386 g/mol. The zero-order valence-electron chi connectivity index (χ0n) is 17.2. The summed E-state index contributed by atoms with van der Waals surface area (Å²) in [7, 11) is -1.20. The molecule has 0 amide bonds. The molecule has 1 aromatic heterocycles. The molecule has 0 aliphatic carbocycles. The Labute approximate surface area is 174 Å². The molecule has 3 rings (SSSR count). The van der Waals surface area contributed by atoms with Crippen molar-refractivity contribution in [2.75, 3.05) is 19.7 Å². The van der Waals surface area contributed by atoms with Crippen LogP contribution >= 0.6 is 0 Å². The number of hydrogen-bond donors (Lipinski definition) is 0. The maximum Gasteiger partial charge on any atom is 0.325 e. The molecule has 1 unspecified atom stereocenters. The van der Waals surface area contributed by atoms with E-state index in [2.05, 4.69) is 6.07 Å². The van der Waals surface area contributed by atoms with Gasteiger partial charge in [-0.25, -0.2) is 8.51 Å². The normalized spacial score (nSPS) is 15.2. The Hall–Kier alpha value is -2.43. The van der Waals surface area contributed by atoms with Crippen LogP contribution in [0.4, 0.5) is 0 Å². The predicted molar refractivity (Wildman–Crippen MR) is 112 cm³/mol. The largest absolute Gasteiger partial charge is 0.465 e. The van der Waals surface area contributed by atoms with Gasteiger partial charge >= 0.3 is 5.97 Å². The van der Waals surface area contributed by atoms with Crippen LogP contribution in [-0.2, 0) is 33.5 Å². The molecule has 154 valence electrons. The SMILES string of the molecule is CCOC(=O)Cn1c(C)c(C#N)c(Cc2ccccc2S(=O)N2CCCC2)c1C. The molecule has 1 aliphatic heterocycles. The van der Waals surface area contributed by atoms with Gasteiger partial charge in [-0.2, -0.15) is 5.26 Å². The first-order valence-electron chi connectivity index (χ1n) is 9.96. The topological polar surface area (TPSA) is 75.3 Å². The third-order valence-corrected chi connectivity index (χ3v) is 7.05. The first-order valence-corrected chi connectivity index (χ1v) is 11.1. The minimum Gasteiger partial charge on any atom is -0.465 e. The molecule has 2 aromatic rings. The monoisotopic (exact) mass is 413 g/mol. The van der Waals surface area contributed by atoms with Crippen LogP contribution in [0.15, 0.2) is 29.2 Å². The molecule has 6 nitrogen and oxygen atoms in total. The van der Waals surface area contributed by atoms with Gasteiger partial charge in [-0.05, 0) is 50.8 Å². The van der Waals surface area contributed by atoms with Crippen LogP contribution in [0.2, 0.25) is 0 Å². The third-order valence-electron chi connectivity index (χ3n) is 5.44. The van der Waals surface area contributed by atoms with E-state index in [1.54, 1.807) is 6.92 Å². The molecule has 0 saturated carbocycles. The standard InChI is InChI=1S/C22H27N3O3S/c1-4-28-22(26)15-25-16(2)19(20(14-23)17(25)3)13-18-9-5-6-10-21(18)29(27)24-11-7-8-12-24/h5-6,9-10H,4,7-8,11-13,15H2,1-3H3. The number of benzene rings is 1. The maximum atomic E-state index is 13.1. The fraction of sp³-hybridized carbons (Fsp3) is 0.455. The maximum absolute atomic E-state index is 13.1. The molecule has 29 heavy (non-hydrogen) atoms. The lowest BCUT2D eigenvalue weighted by Crippen LogP contribution is -2.23. The number of nitriles is 1. The predicted octanol–water partition coefficient (Wildman–Crippen LogP) is 3.25. The van der Waals surface area contributed by atoms with E-state index in [-0.39, 0.29) is 12.5 Å². The van der Waals surface area contributed by atoms with E-state index in [4.69, 9.17) is 4.74 Å². The summed E-state index contributed by atoms with van der Waals surface area (Å²) < 4.78 is 22.0. The van der Waals surface area contributed by atoms with Gasteiger partial charge < -0.3 is 9.30 Å². The summed E-state index contributed by atoms with van der Waals surface area (Å²) in [4.78, 5) is 12.8. The third kappa shape index (κ3) is 4.44. The Morgan fingerprint density at radius 1 is 1.21 bits per heavy atom. The zero-order valence-corrected chi connectivity index (χ0v) is 18.1. The van der Waals surface area contributed by atoms with E-state index < -0.39 is 11.0 Å². The summed E-state index contributed by atoms with van der Waals surface area (Å²) in [6, 6.07) is 10.0. The van der Waals surface area contributed by atoms with Crippen LogP contribution in [-0.4, -0.2) is 38.7 Å². The van der Waals surface area contributed by atoms with Crippen molar-refractivity contribution in [2.24, 2.45) is 0 Å². The van der Waals surface area contributed by atoms with E-state index in [1.807, 2.05) is 47.0 Å². The zero-order chi connectivity index (χ0) is 21.0. The summed E-state index contributed by atoms with van der Waals surface area (Å²) in [5.41, 5.74) is 4.03. The van der Waals surface area contributed by atoms with Crippen LogP contribution in [0, 0.1) is 25.2 Å². The lowest BCUT2D eigenvalue weighted by Gasteiger charge is -2.17. The molecule has 0 N–H and O–H groups in total. The van der Waals surface area contributed by atoms with Gasteiger partial charge in [0.05, 0.1) is 17.1 Å². The Morgan fingerprint density at radius 2 is 1.90 bits per heavy atom. The van der Waals surface area contributed by atoms with Crippen molar-refractivity contribution in [3.8, 4) is 6.07 Å². The van der Waals surface area contributed by atoms with E-state index in [0.29, 0.717) is 18.6 Å². The van der Waals surface area contributed by atoms with E-state index in [9.17, 15) is 14.3 Å². The fourth-order valence-corrected chi connectivity index (χ4v) is 5.32. The summed E-state index contributed by atoms with van der Waals surface area (Å²) in [5.74, 6) is -0.319. The molecule has 0 spiro atoms. The highest BCUT2D eigenvalue weighted by Crippen LogP contribution is 2.28. The van der Waals surface area contributed by atoms with Crippen molar-refractivity contribution in [2.45, 2.75) is 51.5 Å².